The van der Waals surface area contributed by atoms with Crippen molar-refractivity contribution >= 4 is 11.8 Å². The topological polar surface area (TPSA) is 61.8 Å². The van der Waals surface area contributed by atoms with Gasteiger partial charge in [0.1, 0.15) is 0 Å². The van der Waals surface area contributed by atoms with Gasteiger partial charge >= 0.3 is 5.97 Å². The van der Waals surface area contributed by atoms with Gasteiger partial charge in [0.05, 0.1) is 26.2 Å². The van der Waals surface area contributed by atoms with E-state index in [4.69, 9.17) is 14.2 Å². The zero-order valence-corrected chi connectivity index (χ0v) is 15.7. The molecule has 3 aliphatic rings. The van der Waals surface area contributed by atoms with Gasteiger partial charge in [0.15, 0.2) is 5.78 Å². The van der Waals surface area contributed by atoms with Crippen LogP contribution in [0.5, 0.6) is 0 Å². The van der Waals surface area contributed by atoms with Crippen molar-refractivity contribution < 1.29 is 23.8 Å². The van der Waals surface area contributed by atoms with Gasteiger partial charge < -0.3 is 14.2 Å². The number of hydrogen-bond acceptors (Lipinski definition) is 5. The Labute approximate surface area is 159 Å². The number of carbonyl (C=O) groups excluding carboxylic acids is 2. The molecule has 0 aromatic heterocycles. The second-order valence-electron chi connectivity index (χ2n) is 7.98. The fraction of sp³-hybridized carbons (Fsp3) is 0.545. The quantitative estimate of drug-likeness (QED) is 0.600. The molecule has 0 bridgehead atoms. The third-order valence-corrected chi connectivity index (χ3v) is 6.67. The second kappa shape index (κ2) is 6.88. The van der Waals surface area contributed by atoms with E-state index in [1.165, 1.54) is 7.11 Å². The summed E-state index contributed by atoms with van der Waals surface area (Å²) in [6.07, 6.45) is 4.56. The molecular formula is C22H26O5. The van der Waals surface area contributed by atoms with Crippen LogP contribution in [0.15, 0.2) is 42.5 Å². The highest BCUT2D eigenvalue weighted by atomic mass is 16.7. The van der Waals surface area contributed by atoms with Crippen molar-refractivity contribution in [3.05, 3.63) is 48.0 Å². The van der Waals surface area contributed by atoms with Crippen LogP contribution in [-0.2, 0) is 30.4 Å². The predicted octanol–water partition coefficient (Wildman–Crippen LogP) is 3.42. The Morgan fingerprint density at radius 1 is 1.30 bits per heavy atom. The van der Waals surface area contributed by atoms with Crippen LogP contribution < -0.4 is 0 Å². The molecule has 5 nitrogen and oxygen atoms in total. The first-order valence-corrected chi connectivity index (χ1v) is 9.66. The number of ether oxygens (including phenoxy) is 3. The fourth-order valence-electron chi connectivity index (χ4n) is 5.36. The van der Waals surface area contributed by atoms with E-state index in [2.05, 4.69) is 6.58 Å². The molecule has 0 amide bonds. The van der Waals surface area contributed by atoms with E-state index in [0.29, 0.717) is 18.6 Å². The maximum absolute atomic E-state index is 12.9. The van der Waals surface area contributed by atoms with Gasteiger partial charge in [0, 0.05) is 11.8 Å². The molecule has 27 heavy (non-hydrogen) atoms. The largest absolute Gasteiger partial charge is 0.465 e. The highest BCUT2D eigenvalue weighted by Crippen LogP contribution is 2.62. The van der Waals surface area contributed by atoms with Crippen molar-refractivity contribution in [2.75, 3.05) is 13.7 Å². The zero-order valence-electron chi connectivity index (χ0n) is 15.7. The molecule has 1 saturated heterocycles. The van der Waals surface area contributed by atoms with Crippen LogP contribution in [-0.4, -0.2) is 31.3 Å². The molecule has 1 aliphatic heterocycles. The van der Waals surface area contributed by atoms with E-state index in [0.717, 1.165) is 31.2 Å². The highest BCUT2D eigenvalue weighted by Gasteiger charge is 2.69. The van der Waals surface area contributed by atoms with Gasteiger partial charge in [0.25, 0.3) is 5.79 Å². The summed E-state index contributed by atoms with van der Waals surface area (Å²) in [6.45, 7) is 4.68. The van der Waals surface area contributed by atoms with E-state index in [-0.39, 0.29) is 23.7 Å². The number of Topliss-reactive ketones (excluding diaryl/α,β-unsaturated/α-hetero) is 1. The van der Waals surface area contributed by atoms with Crippen molar-refractivity contribution in [1.29, 1.82) is 0 Å². The summed E-state index contributed by atoms with van der Waals surface area (Å²) < 4.78 is 17.4. The average Bonchev–Trinajstić information content (AvgIpc) is 3.04. The Kier molecular flexibility index (Phi) is 4.68. The summed E-state index contributed by atoms with van der Waals surface area (Å²) in [7, 11) is 1.33. The van der Waals surface area contributed by atoms with Crippen LogP contribution in [0.1, 0.15) is 37.7 Å². The van der Waals surface area contributed by atoms with Crippen molar-refractivity contribution in [2.24, 2.45) is 17.3 Å². The second-order valence-corrected chi connectivity index (χ2v) is 7.98. The molecule has 2 saturated carbocycles. The molecule has 5 heteroatoms. The zero-order chi connectivity index (χ0) is 19.1. The van der Waals surface area contributed by atoms with Gasteiger partial charge in [-0.25, -0.2) is 4.79 Å². The van der Waals surface area contributed by atoms with Crippen LogP contribution in [0.4, 0.5) is 0 Å². The Bertz CT molecular complexity index is 757. The third kappa shape index (κ3) is 2.75. The van der Waals surface area contributed by atoms with Crippen molar-refractivity contribution in [2.45, 2.75) is 44.5 Å². The summed E-state index contributed by atoms with van der Waals surface area (Å²) in [5.41, 5.74) is 1.11. The molecule has 1 aromatic rings. The van der Waals surface area contributed by atoms with Gasteiger partial charge in [-0.1, -0.05) is 49.8 Å². The SMILES string of the molecule is C=C1C(=O)C[C@@H]2CCCC[C@]23CO[C@@](OCc2ccccc2)(C(=O)OC)[C@H]13. The molecule has 0 N–H and O–H groups in total. The number of methoxy groups -OCH3 is 1. The number of ketones is 1. The molecule has 3 fully saturated rings. The van der Waals surface area contributed by atoms with E-state index in [9.17, 15) is 9.59 Å². The lowest BCUT2D eigenvalue weighted by Crippen LogP contribution is -2.56. The standard InChI is InChI=1S/C22H26O5/c1-15-18(23)12-17-10-6-7-11-21(17)14-27-22(19(15)21,20(24)25-2)26-13-16-8-4-3-5-9-16/h3-5,8-9,17,19H,1,6-7,10-14H2,2H3/t17-,19+,21-,22+/m0/s1. The summed E-state index contributed by atoms with van der Waals surface area (Å²) in [4.78, 5) is 25.6. The smallest absolute Gasteiger partial charge is 0.367 e. The minimum atomic E-state index is -1.60. The van der Waals surface area contributed by atoms with Crippen LogP contribution in [0.3, 0.4) is 0 Å². The first-order chi connectivity index (χ1) is 13.0. The summed E-state index contributed by atoms with van der Waals surface area (Å²) in [6, 6.07) is 9.62. The molecule has 4 rings (SSSR count). The van der Waals surface area contributed by atoms with E-state index in [1.54, 1.807) is 0 Å². The van der Waals surface area contributed by atoms with Crippen LogP contribution in [0, 0.1) is 17.3 Å². The molecule has 2 aliphatic carbocycles. The predicted molar refractivity (Wildman–Crippen MR) is 98.6 cm³/mol. The molecule has 144 valence electrons. The lowest BCUT2D eigenvalue weighted by molar-refractivity contribution is -0.245. The Hall–Kier alpha value is -1.98. The number of carbonyl (C=O) groups is 2. The molecule has 0 unspecified atom stereocenters. The summed E-state index contributed by atoms with van der Waals surface area (Å²) in [5, 5.41) is 0. The third-order valence-electron chi connectivity index (χ3n) is 6.67. The maximum atomic E-state index is 12.9. The molecule has 4 atom stereocenters. The van der Waals surface area contributed by atoms with Gasteiger partial charge in [0.2, 0.25) is 0 Å². The first-order valence-electron chi connectivity index (χ1n) is 9.66. The normalized spacial score (nSPS) is 35.4. The van der Waals surface area contributed by atoms with Gasteiger partial charge in [-0.05, 0) is 29.9 Å². The summed E-state index contributed by atoms with van der Waals surface area (Å²) in [5.74, 6) is -2.45. The molecular weight excluding hydrogens is 344 g/mol. The van der Waals surface area contributed by atoms with Gasteiger partial charge in [-0.15, -0.1) is 0 Å². The van der Waals surface area contributed by atoms with Gasteiger partial charge in [-0.3, -0.25) is 4.79 Å². The number of rotatable bonds is 4. The van der Waals surface area contributed by atoms with Crippen molar-refractivity contribution in [3.8, 4) is 0 Å². The van der Waals surface area contributed by atoms with Gasteiger partial charge in [-0.2, -0.15) is 0 Å². The van der Waals surface area contributed by atoms with Crippen LogP contribution >= 0.6 is 0 Å². The lowest BCUT2D eigenvalue weighted by atomic mass is 9.53. The minimum absolute atomic E-state index is 0.0182. The fourth-order valence-corrected chi connectivity index (χ4v) is 5.36. The maximum Gasteiger partial charge on any atom is 0.367 e. The van der Waals surface area contributed by atoms with Crippen LogP contribution in [0.25, 0.3) is 0 Å². The monoisotopic (exact) mass is 370 g/mol. The van der Waals surface area contributed by atoms with E-state index in [1.807, 2.05) is 30.3 Å². The Morgan fingerprint density at radius 3 is 2.81 bits per heavy atom. The molecule has 1 aromatic carbocycles. The Morgan fingerprint density at radius 2 is 2.07 bits per heavy atom. The minimum Gasteiger partial charge on any atom is -0.465 e. The highest BCUT2D eigenvalue weighted by molar-refractivity contribution is 5.98. The number of hydrogen-bond donors (Lipinski definition) is 0. The Balaban J connectivity index is 1.73. The van der Waals surface area contributed by atoms with Crippen molar-refractivity contribution in [1.82, 2.24) is 0 Å². The molecule has 1 heterocycles. The summed E-state index contributed by atoms with van der Waals surface area (Å²) >= 11 is 0. The number of benzene rings is 1. The van der Waals surface area contributed by atoms with Crippen molar-refractivity contribution in [3.63, 3.8) is 0 Å². The van der Waals surface area contributed by atoms with E-state index >= 15 is 0 Å². The first kappa shape index (κ1) is 18.4. The van der Waals surface area contributed by atoms with Crippen LogP contribution in [0.2, 0.25) is 0 Å². The molecule has 1 spiro atoms. The average molecular weight is 370 g/mol. The number of esters is 1. The molecule has 0 radical (unpaired) electrons. The lowest BCUT2D eigenvalue weighted by Gasteiger charge is -2.50. The van der Waals surface area contributed by atoms with E-state index < -0.39 is 17.7 Å².